The topological polar surface area (TPSA) is 70.9 Å². The van der Waals surface area contributed by atoms with Gasteiger partial charge < -0.3 is 9.84 Å². The van der Waals surface area contributed by atoms with Crippen LogP contribution in [0.15, 0.2) is 21.7 Å². The third-order valence-corrected chi connectivity index (χ3v) is 3.12. The zero-order valence-electron chi connectivity index (χ0n) is 11.6. The summed E-state index contributed by atoms with van der Waals surface area (Å²) in [4.78, 5) is 11.4. The molecule has 0 aliphatic heterocycles. The Labute approximate surface area is 127 Å². The van der Waals surface area contributed by atoms with Crippen molar-refractivity contribution in [2.24, 2.45) is 5.10 Å². The summed E-state index contributed by atoms with van der Waals surface area (Å²) in [6.07, 6.45) is 3.80. The number of carbonyl (C=O) groups excluding carboxylic acids is 1. The van der Waals surface area contributed by atoms with E-state index in [0.29, 0.717) is 28.8 Å². The molecule has 1 rings (SSSR count). The van der Waals surface area contributed by atoms with E-state index in [1.165, 1.54) is 6.21 Å². The number of halogens is 1. The fraction of sp³-hybridized carbons (Fsp3) is 0.429. The van der Waals surface area contributed by atoms with Crippen molar-refractivity contribution in [2.75, 3.05) is 6.61 Å². The van der Waals surface area contributed by atoms with Crippen molar-refractivity contribution in [3.05, 3.63) is 22.2 Å². The summed E-state index contributed by atoms with van der Waals surface area (Å²) in [5, 5.41) is 13.7. The molecule has 2 N–H and O–H groups in total. The molecule has 5 nitrogen and oxygen atoms in total. The van der Waals surface area contributed by atoms with Gasteiger partial charge in [-0.05, 0) is 47.0 Å². The SMILES string of the molecule is CCCCC(=O)N/N=C/c1cc(Br)c(O)c(OCC)c1. The molecule has 0 aliphatic carbocycles. The average molecular weight is 343 g/mol. The Morgan fingerprint density at radius 2 is 2.25 bits per heavy atom. The number of hydrogen-bond acceptors (Lipinski definition) is 4. The lowest BCUT2D eigenvalue weighted by Gasteiger charge is -2.08. The van der Waals surface area contributed by atoms with E-state index >= 15 is 0 Å². The van der Waals surface area contributed by atoms with Gasteiger partial charge in [0, 0.05) is 6.42 Å². The summed E-state index contributed by atoms with van der Waals surface area (Å²) in [5.41, 5.74) is 3.18. The van der Waals surface area contributed by atoms with E-state index < -0.39 is 0 Å². The van der Waals surface area contributed by atoms with Crippen LogP contribution in [0.3, 0.4) is 0 Å². The summed E-state index contributed by atoms with van der Waals surface area (Å²) in [6.45, 7) is 4.32. The molecule has 0 spiro atoms. The monoisotopic (exact) mass is 342 g/mol. The van der Waals surface area contributed by atoms with E-state index in [2.05, 4.69) is 26.5 Å². The highest BCUT2D eigenvalue weighted by molar-refractivity contribution is 9.10. The van der Waals surface area contributed by atoms with Gasteiger partial charge in [-0.3, -0.25) is 4.79 Å². The molecule has 0 saturated carbocycles. The van der Waals surface area contributed by atoms with E-state index in [1.54, 1.807) is 12.1 Å². The summed E-state index contributed by atoms with van der Waals surface area (Å²) < 4.78 is 5.83. The van der Waals surface area contributed by atoms with E-state index in [9.17, 15) is 9.90 Å². The number of rotatable bonds is 7. The zero-order chi connectivity index (χ0) is 15.0. The maximum absolute atomic E-state index is 11.4. The first-order chi connectivity index (χ1) is 9.58. The predicted octanol–water partition coefficient (Wildman–Crippen LogP) is 3.19. The molecule has 0 saturated heterocycles. The Kier molecular flexibility index (Phi) is 7.08. The van der Waals surface area contributed by atoms with Crippen LogP contribution < -0.4 is 10.2 Å². The van der Waals surface area contributed by atoms with Crippen LogP contribution in [0.2, 0.25) is 0 Å². The summed E-state index contributed by atoms with van der Waals surface area (Å²) in [5.74, 6) is 0.322. The summed E-state index contributed by atoms with van der Waals surface area (Å²) in [6, 6.07) is 3.35. The van der Waals surface area contributed by atoms with Gasteiger partial charge in [0.1, 0.15) is 0 Å². The van der Waals surface area contributed by atoms with Crippen molar-refractivity contribution in [2.45, 2.75) is 33.1 Å². The van der Waals surface area contributed by atoms with Crippen molar-refractivity contribution in [3.8, 4) is 11.5 Å². The number of hydrogen-bond donors (Lipinski definition) is 2. The molecule has 6 heteroatoms. The van der Waals surface area contributed by atoms with Gasteiger partial charge in [-0.25, -0.2) is 5.43 Å². The number of amides is 1. The number of phenols is 1. The smallest absolute Gasteiger partial charge is 0.240 e. The number of unbranched alkanes of at least 4 members (excludes halogenated alkanes) is 1. The van der Waals surface area contributed by atoms with Crippen molar-refractivity contribution < 1.29 is 14.6 Å². The second-order valence-corrected chi connectivity index (χ2v) is 5.03. The summed E-state index contributed by atoms with van der Waals surface area (Å²) in [7, 11) is 0. The maximum atomic E-state index is 11.4. The number of hydrazone groups is 1. The first-order valence-corrected chi connectivity index (χ1v) is 7.35. The molecular weight excluding hydrogens is 324 g/mol. The van der Waals surface area contributed by atoms with Gasteiger partial charge in [-0.15, -0.1) is 0 Å². The molecule has 0 atom stereocenters. The van der Waals surface area contributed by atoms with Crippen LogP contribution in [0.25, 0.3) is 0 Å². The lowest BCUT2D eigenvalue weighted by Crippen LogP contribution is -2.16. The number of phenolic OH excluding ortho intramolecular Hbond substituents is 1. The van der Waals surface area contributed by atoms with Crippen LogP contribution in [0.1, 0.15) is 38.7 Å². The minimum absolute atomic E-state index is 0.0518. The molecule has 0 unspecified atom stereocenters. The molecule has 0 aromatic heterocycles. The minimum atomic E-state index is -0.106. The van der Waals surface area contributed by atoms with Crippen LogP contribution in [-0.4, -0.2) is 23.8 Å². The highest BCUT2D eigenvalue weighted by Gasteiger charge is 2.08. The highest BCUT2D eigenvalue weighted by Crippen LogP contribution is 2.34. The Bertz CT molecular complexity index is 490. The maximum Gasteiger partial charge on any atom is 0.240 e. The number of aromatic hydroxyl groups is 1. The van der Waals surface area contributed by atoms with E-state index in [4.69, 9.17) is 4.74 Å². The first-order valence-electron chi connectivity index (χ1n) is 6.55. The van der Waals surface area contributed by atoms with Gasteiger partial charge in [0.05, 0.1) is 17.3 Å². The fourth-order valence-electron chi connectivity index (χ4n) is 1.51. The van der Waals surface area contributed by atoms with Crippen molar-refractivity contribution in [1.82, 2.24) is 5.43 Å². The molecule has 110 valence electrons. The molecule has 0 heterocycles. The molecule has 0 fully saturated rings. The largest absolute Gasteiger partial charge is 0.503 e. The quantitative estimate of drug-likeness (QED) is 0.590. The summed E-state index contributed by atoms with van der Waals surface area (Å²) >= 11 is 3.24. The first kappa shape index (κ1) is 16.5. The second-order valence-electron chi connectivity index (χ2n) is 4.18. The molecule has 1 aromatic rings. The normalized spacial score (nSPS) is 10.8. The third-order valence-electron chi connectivity index (χ3n) is 2.51. The zero-order valence-corrected chi connectivity index (χ0v) is 13.2. The van der Waals surface area contributed by atoms with Crippen LogP contribution in [-0.2, 0) is 4.79 Å². The van der Waals surface area contributed by atoms with Crippen molar-refractivity contribution in [1.29, 1.82) is 0 Å². The Morgan fingerprint density at radius 3 is 2.90 bits per heavy atom. The van der Waals surface area contributed by atoms with Gasteiger partial charge >= 0.3 is 0 Å². The third kappa shape index (κ3) is 5.21. The van der Waals surface area contributed by atoms with Crippen molar-refractivity contribution >= 4 is 28.1 Å². The van der Waals surface area contributed by atoms with Gasteiger partial charge in [0.2, 0.25) is 5.91 Å². The molecule has 0 radical (unpaired) electrons. The number of ether oxygens (including phenoxy) is 1. The van der Waals surface area contributed by atoms with Crippen LogP contribution in [0.4, 0.5) is 0 Å². The second kappa shape index (κ2) is 8.58. The van der Waals surface area contributed by atoms with Gasteiger partial charge in [0.15, 0.2) is 11.5 Å². The number of nitrogens with zero attached hydrogens (tertiary/aromatic N) is 1. The lowest BCUT2D eigenvalue weighted by molar-refractivity contribution is -0.121. The lowest BCUT2D eigenvalue weighted by atomic mass is 10.2. The van der Waals surface area contributed by atoms with Crippen LogP contribution >= 0.6 is 15.9 Å². The van der Waals surface area contributed by atoms with E-state index in [0.717, 1.165) is 12.8 Å². The number of nitrogens with one attached hydrogen (secondary N) is 1. The minimum Gasteiger partial charge on any atom is -0.503 e. The standard InChI is InChI=1S/C14H19BrN2O3/c1-3-5-6-13(18)17-16-9-10-7-11(15)14(19)12(8-10)20-4-2/h7-9,19H,3-6H2,1-2H3,(H,17,18)/b16-9+. The molecule has 20 heavy (non-hydrogen) atoms. The van der Waals surface area contributed by atoms with Crippen LogP contribution in [0, 0.1) is 0 Å². The molecule has 1 amide bonds. The fourth-order valence-corrected chi connectivity index (χ4v) is 1.97. The number of benzene rings is 1. The Balaban J connectivity index is 2.70. The molecular formula is C14H19BrN2O3. The van der Waals surface area contributed by atoms with E-state index in [-0.39, 0.29) is 11.7 Å². The Hall–Kier alpha value is -1.56. The van der Waals surface area contributed by atoms with Gasteiger partial charge in [-0.1, -0.05) is 13.3 Å². The Morgan fingerprint density at radius 1 is 1.50 bits per heavy atom. The molecule has 0 bridgehead atoms. The molecule has 1 aromatic carbocycles. The van der Waals surface area contributed by atoms with E-state index in [1.807, 2.05) is 13.8 Å². The van der Waals surface area contributed by atoms with Crippen molar-refractivity contribution in [3.63, 3.8) is 0 Å². The van der Waals surface area contributed by atoms with Gasteiger partial charge in [0.25, 0.3) is 0 Å². The molecule has 0 aliphatic rings. The highest BCUT2D eigenvalue weighted by atomic mass is 79.9. The average Bonchev–Trinajstić information content (AvgIpc) is 2.42. The predicted molar refractivity (Wildman–Crippen MR) is 82.2 cm³/mol. The van der Waals surface area contributed by atoms with Crippen LogP contribution in [0.5, 0.6) is 11.5 Å². The van der Waals surface area contributed by atoms with Gasteiger partial charge in [-0.2, -0.15) is 5.10 Å². The number of carbonyl (C=O) groups is 1.